The number of para-hydroxylation sites is 2. The predicted octanol–water partition coefficient (Wildman–Crippen LogP) is 11.2. The summed E-state index contributed by atoms with van der Waals surface area (Å²) in [6, 6.07) is 58.0. The summed E-state index contributed by atoms with van der Waals surface area (Å²) >= 11 is 0. The van der Waals surface area contributed by atoms with Crippen LogP contribution in [0.2, 0.25) is 0 Å². The average molecular weight is 681 g/mol. The fourth-order valence-electron chi connectivity index (χ4n) is 7.63. The van der Waals surface area contributed by atoms with E-state index in [4.69, 9.17) is 24.4 Å². The van der Waals surface area contributed by atoms with Gasteiger partial charge in [-0.05, 0) is 36.4 Å². The molecule has 0 radical (unpaired) electrons. The lowest BCUT2D eigenvalue weighted by Crippen LogP contribution is -2.07. The van der Waals surface area contributed by atoms with Crippen molar-refractivity contribution in [2.24, 2.45) is 0 Å². The second-order valence-electron chi connectivity index (χ2n) is 13.1. The number of hydrogen-bond donors (Lipinski definition) is 0. The molecule has 0 amide bonds. The van der Waals surface area contributed by atoms with E-state index < -0.39 is 0 Å². The van der Waals surface area contributed by atoms with E-state index in [9.17, 15) is 0 Å². The number of aromatic nitrogens is 6. The first-order valence-electron chi connectivity index (χ1n) is 17.6. The molecule has 4 aromatic heterocycles. The summed E-state index contributed by atoms with van der Waals surface area (Å²) in [7, 11) is 0. The maximum Gasteiger partial charge on any atom is 0.238 e. The molecule has 0 fully saturated rings. The first-order valence-corrected chi connectivity index (χ1v) is 17.6. The van der Waals surface area contributed by atoms with E-state index in [0.29, 0.717) is 23.5 Å². The molecule has 0 spiro atoms. The van der Waals surface area contributed by atoms with Crippen molar-refractivity contribution in [1.29, 1.82) is 0 Å². The maximum atomic E-state index is 6.40. The van der Waals surface area contributed by atoms with Crippen molar-refractivity contribution < 1.29 is 4.42 Å². The van der Waals surface area contributed by atoms with Crippen LogP contribution in [0.25, 0.3) is 101 Å². The molecule has 7 aromatic carbocycles. The van der Waals surface area contributed by atoms with Gasteiger partial charge in [-0.2, -0.15) is 9.97 Å². The van der Waals surface area contributed by atoms with Crippen molar-refractivity contribution in [2.45, 2.75) is 0 Å². The summed E-state index contributed by atoms with van der Waals surface area (Å²) < 4.78 is 10.9. The lowest BCUT2D eigenvalue weighted by Gasteiger charge is -2.13. The van der Waals surface area contributed by atoms with E-state index in [-0.39, 0.29) is 0 Å². The van der Waals surface area contributed by atoms with Crippen molar-refractivity contribution in [3.8, 4) is 45.9 Å². The molecule has 0 saturated heterocycles. The zero-order chi connectivity index (χ0) is 34.9. The summed E-state index contributed by atoms with van der Waals surface area (Å²) in [6.07, 6.45) is 0. The van der Waals surface area contributed by atoms with E-state index in [1.165, 1.54) is 0 Å². The highest BCUT2D eigenvalue weighted by molar-refractivity contribution is 6.23. The van der Waals surface area contributed by atoms with Gasteiger partial charge in [0.05, 0.1) is 27.8 Å². The van der Waals surface area contributed by atoms with Crippen LogP contribution >= 0.6 is 0 Å². The van der Waals surface area contributed by atoms with Gasteiger partial charge < -0.3 is 8.98 Å². The number of benzene rings is 7. The first-order chi connectivity index (χ1) is 26.3. The van der Waals surface area contributed by atoms with Gasteiger partial charge in [-0.1, -0.05) is 127 Å². The van der Waals surface area contributed by atoms with Crippen molar-refractivity contribution in [3.05, 3.63) is 170 Å². The summed E-state index contributed by atoms with van der Waals surface area (Å²) in [5.74, 6) is 2.36. The Bertz CT molecular complexity index is 3100. The van der Waals surface area contributed by atoms with E-state index in [1.54, 1.807) is 0 Å². The maximum absolute atomic E-state index is 6.40. The number of oxazole rings is 1. The minimum absolute atomic E-state index is 0.548. The summed E-state index contributed by atoms with van der Waals surface area (Å²) in [5, 5.41) is 4.49. The van der Waals surface area contributed by atoms with Crippen molar-refractivity contribution in [3.63, 3.8) is 0 Å². The van der Waals surface area contributed by atoms with E-state index in [1.807, 2.05) is 97.1 Å². The molecule has 0 unspecified atom stereocenters. The molecular formula is C46H28N6O. The van der Waals surface area contributed by atoms with Crippen LogP contribution in [0, 0.1) is 0 Å². The average Bonchev–Trinajstić information content (AvgIpc) is 3.92. The third-order valence-corrected chi connectivity index (χ3v) is 10.0. The minimum atomic E-state index is 0.548. The number of hydrogen-bond acceptors (Lipinski definition) is 5. The summed E-state index contributed by atoms with van der Waals surface area (Å²) in [5.41, 5.74) is 9.42. The molecule has 0 saturated carbocycles. The summed E-state index contributed by atoms with van der Waals surface area (Å²) in [4.78, 5) is 20.3. The van der Waals surface area contributed by atoms with Crippen LogP contribution < -0.4 is 0 Å². The Kier molecular flexibility index (Phi) is 6.42. The smallest absolute Gasteiger partial charge is 0.238 e. The van der Waals surface area contributed by atoms with E-state index in [2.05, 4.69) is 81.9 Å². The standard InChI is InChI=1S/C46H28N6O/c1-4-14-29(15-5-1)43-48-44(30-16-6-2-7-17-30)50-46(49-43)52-39-23-13-11-21-34(39)36-26-25-35-33-20-10-12-22-38(33)51(41(35)42(36)52)32-24-27-37-40(28-32)53-45(47-37)31-18-8-3-9-19-31/h1-28H. The van der Waals surface area contributed by atoms with Crippen molar-refractivity contribution in [2.75, 3.05) is 0 Å². The zero-order valence-electron chi connectivity index (χ0n) is 28.3. The number of nitrogens with zero attached hydrogens (tertiary/aromatic N) is 6. The fourth-order valence-corrected chi connectivity index (χ4v) is 7.63. The third kappa shape index (κ3) is 4.61. The van der Waals surface area contributed by atoms with E-state index >= 15 is 0 Å². The van der Waals surface area contributed by atoms with Gasteiger partial charge in [0.15, 0.2) is 17.2 Å². The van der Waals surface area contributed by atoms with Crippen LogP contribution in [0.4, 0.5) is 0 Å². The first kappa shape index (κ1) is 29.4. The Morgan fingerprint density at radius 1 is 0.396 bits per heavy atom. The molecule has 53 heavy (non-hydrogen) atoms. The van der Waals surface area contributed by atoms with Crippen LogP contribution in [0.1, 0.15) is 0 Å². The Balaban J connectivity index is 1.25. The van der Waals surface area contributed by atoms with Gasteiger partial charge >= 0.3 is 0 Å². The van der Waals surface area contributed by atoms with Gasteiger partial charge in [-0.3, -0.25) is 4.57 Å². The highest BCUT2D eigenvalue weighted by atomic mass is 16.3. The Morgan fingerprint density at radius 2 is 0.906 bits per heavy atom. The third-order valence-electron chi connectivity index (χ3n) is 10.0. The molecule has 0 atom stereocenters. The SMILES string of the molecule is c1ccc(-c2nc(-c3ccccc3)nc(-n3c4ccccc4c4ccc5c6ccccc6n(-c6ccc7nc(-c8ccccc8)oc7c6)c5c43)n2)cc1. The molecule has 0 bridgehead atoms. The van der Waals surface area contributed by atoms with Gasteiger partial charge in [0.25, 0.3) is 0 Å². The zero-order valence-corrected chi connectivity index (χ0v) is 28.3. The second kappa shape index (κ2) is 11.6. The number of rotatable bonds is 5. The van der Waals surface area contributed by atoms with Crippen LogP contribution in [0.3, 0.4) is 0 Å². The molecular weight excluding hydrogens is 653 g/mol. The topological polar surface area (TPSA) is 74.6 Å². The predicted molar refractivity (Wildman–Crippen MR) is 212 cm³/mol. The molecule has 0 aliphatic carbocycles. The highest BCUT2D eigenvalue weighted by Crippen LogP contribution is 2.42. The minimum Gasteiger partial charge on any atom is -0.436 e. The fraction of sp³-hybridized carbons (Fsp3) is 0. The van der Waals surface area contributed by atoms with Gasteiger partial charge in [-0.15, -0.1) is 0 Å². The molecule has 7 heteroatoms. The quantitative estimate of drug-likeness (QED) is 0.181. The van der Waals surface area contributed by atoms with Gasteiger partial charge in [0.1, 0.15) is 5.52 Å². The monoisotopic (exact) mass is 680 g/mol. The normalized spacial score (nSPS) is 11.8. The molecule has 0 aliphatic rings. The lowest BCUT2D eigenvalue weighted by molar-refractivity contribution is 0.619. The molecule has 0 aliphatic heterocycles. The molecule has 11 rings (SSSR count). The largest absolute Gasteiger partial charge is 0.436 e. The van der Waals surface area contributed by atoms with Crippen LogP contribution in [0.5, 0.6) is 0 Å². The van der Waals surface area contributed by atoms with Crippen LogP contribution in [0.15, 0.2) is 174 Å². The van der Waals surface area contributed by atoms with Crippen LogP contribution in [-0.2, 0) is 0 Å². The van der Waals surface area contributed by atoms with Gasteiger partial charge in [0.2, 0.25) is 11.8 Å². The molecule has 7 nitrogen and oxygen atoms in total. The second-order valence-corrected chi connectivity index (χ2v) is 13.1. The molecule has 11 aromatic rings. The molecule has 0 N–H and O–H groups in total. The van der Waals surface area contributed by atoms with Crippen molar-refractivity contribution >= 4 is 54.7 Å². The van der Waals surface area contributed by atoms with Gasteiger partial charge in [-0.25, -0.2) is 9.97 Å². The molecule has 4 heterocycles. The Labute approximate surface area is 303 Å². The van der Waals surface area contributed by atoms with E-state index in [0.717, 1.165) is 77.1 Å². The van der Waals surface area contributed by atoms with Crippen molar-refractivity contribution in [1.82, 2.24) is 29.1 Å². The molecule has 248 valence electrons. The van der Waals surface area contributed by atoms with Crippen LogP contribution in [-0.4, -0.2) is 29.1 Å². The number of fused-ring (bicyclic) bond motifs is 8. The lowest BCUT2D eigenvalue weighted by atomic mass is 10.1. The summed E-state index contributed by atoms with van der Waals surface area (Å²) in [6.45, 7) is 0. The van der Waals surface area contributed by atoms with Gasteiger partial charge in [0, 0.05) is 44.3 Å². The Hall–Kier alpha value is -7.38. The Morgan fingerprint density at radius 3 is 1.51 bits per heavy atom. The highest BCUT2D eigenvalue weighted by Gasteiger charge is 2.24.